The first-order chi connectivity index (χ1) is 9.24. The zero-order chi connectivity index (χ0) is 15.1. The Morgan fingerprint density at radius 3 is 2.45 bits per heavy atom. The number of sulfonamides is 1. The third kappa shape index (κ3) is 2.99. The molecule has 0 aromatic heterocycles. The maximum Gasteiger partial charge on any atom is 0.241 e. The molecule has 1 unspecified atom stereocenters. The summed E-state index contributed by atoms with van der Waals surface area (Å²) in [5.41, 5.74) is 8.85. The Balaban J connectivity index is 2.27. The number of rotatable bonds is 5. The van der Waals surface area contributed by atoms with E-state index in [1.54, 1.807) is 6.92 Å². The molecule has 4 nitrogen and oxygen atoms in total. The molecule has 0 amide bonds. The van der Waals surface area contributed by atoms with Gasteiger partial charge < -0.3 is 5.73 Å². The molecule has 0 spiro atoms. The number of hydrogen-bond donors (Lipinski definition) is 2. The Morgan fingerprint density at radius 1 is 1.30 bits per heavy atom. The number of nitrogens with one attached hydrogen (secondary N) is 1. The zero-order valence-electron chi connectivity index (χ0n) is 12.7. The Labute approximate surface area is 121 Å². The highest BCUT2D eigenvalue weighted by Crippen LogP contribution is 2.36. The van der Waals surface area contributed by atoms with Crippen molar-refractivity contribution in [2.45, 2.75) is 45.4 Å². The molecule has 1 aromatic carbocycles. The third-order valence-electron chi connectivity index (χ3n) is 4.25. The Hall–Kier alpha value is -1.07. The summed E-state index contributed by atoms with van der Waals surface area (Å²) in [6.07, 6.45) is 2.44. The summed E-state index contributed by atoms with van der Waals surface area (Å²) in [6, 6.07) is 1.83. The van der Waals surface area contributed by atoms with E-state index in [-0.39, 0.29) is 0 Å². The van der Waals surface area contributed by atoms with Gasteiger partial charge >= 0.3 is 0 Å². The van der Waals surface area contributed by atoms with Crippen LogP contribution < -0.4 is 10.5 Å². The number of hydrogen-bond acceptors (Lipinski definition) is 3. The third-order valence-corrected chi connectivity index (χ3v) is 5.96. The average Bonchev–Trinajstić information content (AvgIpc) is 3.17. The molecule has 1 aromatic rings. The predicted octanol–water partition coefficient (Wildman–Crippen LogP) is 2.52. The minimum absolute atomic E-state index is 0.337. The highest BCUT2D eigenvalue weighted by molar-refractivity contribution is 7.89. The first-order valence-electron chi connectivity index (χ1n) is 7.10. The lowest BCUT2D eigenvalue weighted by molar-refractivity contribution is 0.491. The molecule has 0 saturated heterocycles. The van der Waals surface area contributed by atoms with E-state index in [2.05, 4.69) is 11.6 Å². The summed E-state index contributed by atoms with van der Waals surface area (Å²) < 4.78 is 27.8. The van der Waals surface area contributed by atoms with Gasteiger partial charge in [-0.3, -0.25) is 0 Å². The van der Waals surface area contributed by atoms with Crippen LogP contribution in [0, 0.1) is 32.6 Å². The summed E-state index contributed by atoms with van der Waals surface area (Å²) in [6.45, 7) is 8.09. The van der Waals surface area contributed by atoms with Crippen molar-refractivity contribution in [1.82, 2.24) is 4.72 Å². The van der Waals surface area contributed by atoms with Gasteiger partial charge in [0.2, 0.25) is 10.0 Å². The van der Waals surface area contributed by atoms with Gasteiger partial charge in [-0.25, -0.2) is 13.1 Å². The van der Waals surface area contributed by atoms with Crippen LogP contribution in [0.4, 0.5) is 5.69 Å². The molecule has 1 atom stereocenters. The van der Waals surface area contributed by atoms with Gasteiger partial charge in [0.05, 0.1) is 4.90 Å². The van der Waals surface area contributed by atoms with E-state index >= 15 is 0 Å². The fourth-order valence-corrected chi connectivity index (χ4v) is 4.36. The number of nitrogen functional groups attached to an aromatic ring is 1. The molecule has 0 heterocycles. The Bertz CT molecular complexity index is 619. The Morgan fingerprint density at radius 2 is 1.90 bits per heavy atom. The highest BCUT2D eigenvalue weighted by Gasteiger charge is 2.29. The van der Waals surface area contributed by atoms with Crippen molar-refractivity contribution in [3.8, 4) is 0 Å². The van der Waals surface area contributed by atoms with E-state index in [1.165, 1.54) is 12.8 Å². The molecule has 3 N–H and O–H groups in total. The lowest BCUT2D eigenvalue weighted by atomic mass is 10.1. The van der Waals surface area contributed by atoms with Crippen molar-refractivity contribution in [3.05, 3.63) is 22.8 Å². The van der Waals surface area contributed by atoms with Gasteiger partial charge in [0.1, 0.15) is 0 Å². The van der Waals surface area contributed by atoms with Gasteiger partial charge in [0.15, 0.2) is 0 Å². The largest absolute Gasteiger partial charge is 0.398 e. The minimum Gasteiger partial charge on any atom is -0.398 e. The summed E-state index contributed by atoms with van der Waals surface area (Å²) in [5, 5.41) is 0. The maximum absolute atomic E-state index is 12.5. The van der Waals surface area contributed by atoms with Crippen LogP contribution in [0.5, 0.6) is 0 Å². The SMILES string of the molecule is Cc1cc(C)c(S(=O)(=O)NCC(C)C2CC2)c(C)c1N. The predicted molar refractivity (Wildman–Crippen MR) is 82.1 cm³/mol. The van der Waals surface area contributed by atoms with Crippen LogP contribution in [0.15, 0.2) is 11.0 Å². The fraction of sp³-hybridized carbons (Fsp3) is 0.600. The molecule has 0 radical (unpaired) electrons. The van der Waals surface area contributed by atoms with Crippen molar-refractivity contribution in [1.29, 1.82) is 0 Å². The molecule has 1 fully saturated rings. The number of anilines is 1. The zero-order valence-corrected chi connectivity index (χ0v) is 13.5. The monoisotopic (exact) mass is 296 g/mol. The molecule has 1 aliphatic rings. The van der Waals surface area contributed by atoms with Crippen LogP contribution >= 0.6 is 0 Å². The molecule has 112 valence electrons. The number of aryl methyl sites for hydroxylation is 2. The van der Waals surface area contributed by atoms with Gasteiger partial charge in [0.25, 0.3) is 0 Å². The topological polar surface area (TPSA) is 72.2 Å². The fourth-order valence-electron chi connectivity index (χ4n) is 2.74. The minimum atomic E-state index is -3.49. The van der Waals surface area contributed by atoms with Gasteiger partial charge in [-0.05, 0) is 62.1 Å². The quantitative estimate of drug-likeness (QED) is 0.820. The lowest BCUT2D eigenvalue weighted by Crippen LogP contribution is -2.30. The van der Waals surface area contributed by atoms with Crippen molar-refractivity contribution in [2.24, 2.45) is 11.8 Å². The van der Waals surface area contributed by atoms with Crippen LogP contribution in [0.25, 0.3) is 0 Å². The second-order valence-electron chi connectivity index (χ2n) is 6.04. The molecule has 0 aliphatic heterocycles. The van der Waals surface area contributed by atoms with Crippen LogP contribution in [0.1, 0.15) is 36.5 Å². The van der Waals surface area contributed by atoms with Gasteiger partial charge in [-0.2, -0.15) is 0 Å². The molecule has 0 bridgehead atoms. The molecule has 1 saturated carbocycles. The second-order valence-corrected chi connectivity index (χ2v) is 7.75. The number of benzene rings is 1. The number of nitrogens with two attached hydrogens (primary N) is 1. The molecule has 1 aliphatic carbocycles. The van der Waals surface area contributed by atoms with E-state index in [0.717, 1.165) is 11.1 Å². The normalized spacial score (nSPS) is 17.2. The smallest absolute Gasteiger partial charge is 0.241 e. The van der Waals surface area contributed by atoms with Crippen molar-refractivity contribution >= 4 is 15.7 Å². The van der Waals surface area contributed by atoms with Gasteiger partial charge in [0, 0.05) is 12.2 Å². The van der Waals surface area contributed by atoms with Crippen molar-refractivity contribution in [3.63, 3.8) is 0 Å². The summed E-state index contributed by atoms with van der Waals surface area (Å²) >= 11 is 0. The van der Waals surface area contributed by atoms with Gasteiger partial charge in [-0.1, -0.05) is 13.0 Å². The molecular weight excluding hydrogens is 272 g/mol. The van der Waals surface area contributed by atoms with E-state index in [0.29, 0.717) is 34.5 Å². The van der Waals surface area contributed by atoms with E-state index in [1.807, 2.05) is 19.9 Å². The summed E-state index contributed by atoms with van der Waals surface area (Å²) in [4.78, 5) is 0.337. The van der Waals surface area contributed by atoms with Crippen LogP contribution in [-0.4, -0.2) is 15.0 Å². The summed E-state index contributed by atoms with van der Waals surface area (Å²) in [7, 11) is -3.49. The van der Waals surface area contributed by atoms with E-state index in [9.17, 15) is 8.42 Å². The van der Waals surface area contributed by atoms with Crippen LogP contribution in [0.2, 0.25) is 0 Å². The molecular formula is C15H24N2O2S. The first kappa shape index (κ1) is 15.3. The molecule has 20 heavy (non-hydrogen) atoms. The standard InChI is InChI=1S/C15H24N2O2S/c1-9-7-10(2)15(12(4)14(9)16)20(18,19)17-8-11(3)13-5-6-13/h7,11,13,17H,5-6,8,16H2,1-4H3. The highest BCUT2D eigenvalue weighted by atomic mass is 32.2. The van der Waals surface area contributed by atoms with E-state index < -0.39 is 10.0 Å². The Kier molecular flexibility index (Phi) is 4.12. The van der Waals surface area contributed by atoms with Crippen LogP contribution in [0.3, 0.4) is 0 Å². The second kappa shape index (κ2) is 5.37. The van der Waals surface area contributed by atoms with E-state index in [4.69, 9.17) is 5.73 Å². The van der Waals surface area contributed by atoms with Gasteiger partial charge in [-0.15, -0.1) is 0 Å². The van der Waals surface area contributed by atoms with Crippen LogP contribution in [-0.2, 0) is 10.0 Å². The lowest BCUT2D eigenvalue weighted by Gasteiger charge is -2.17. The van der Waals surface area contributed by atoms with Crippen molar-refractivity contribution < 1.29 is 8.42 Å². The first-order valence-corrected chi connectivity index (χ1v) is 8.58. The summed E-state index contributed by atoms with van der Waals surface area (Å²) in [5.74, 6) is 1.08. The average molecular weight is 296 g/mol. The molecule has 5 heteroatoms. The molecule has 2 rings (SSSR count). The van der Waals surface area contributed by atoms with Crippen molar-refractivity contribution in [2.75, 3.05) is 12.3 Å². The maximum atomic E-state index is 12.5.